The first-order valence-corrected chi connectivity index (χ1v) is 17.1. The predicted octanol–water partition coefficient (Wildman–Crippen LogP) is 8.51. The molecule has 0 fully saturated rings. The van der Waals surface area contributed by atoms with Crippen LogP contribution in [0.5, 0.6) is 17.4 Å². The first kappa shape index (κ1) is 37.9. The largest absolute Gasteiger partial charge is 0.497 e. The summed E-state index contributed by atoms with van der Waals surface area (Å²) >= 11 is 0. The standard InChI is InChI=1S/C34H36F6N4O5S/c1-6-48-32-18-25(20-42-34(32)49-21-23-7-10-26(47-5)11-8-23)24-9-13-31(29(35)17-24)44(22(2)45)30-14-12-27(50(36,37,38,39)40)19-28(30)33(46)41-15-16-43(3)4/h7-14,17-20H,6,15-16,21H2,1-5H3,(H,41,46). The second kappa shape index (κ2) is 14.1. The Morgan fingerprint density at radius 3 is 2.14 bits per heavy atom. The van der Waals surface area contributed by atoms with Gasteiger partial charge in [-0.2, -0.15) is 0 Å². The number of hydrogen-bond donors (Lipinski definition) is 1. The lowest BCUT2D eigenvalue weighted by molar-refractivity contribution is -0.115. The molecule has 270 valence electrons. The molecule has 0 radical (unpaired) electrons. The molecule has 0 bridgehead atoms. The number of halogens is 6. The molecule has 2 amide bonds. The van der Waals surface area contributed by atoms with Gasteiger partial charge in [-0.25, -0.2) is 9.37 Å². The molecular weight excluding hydrogens is 690 g/mol. The van der Waals surface area contributed by atoms with E-state index in [1.54, 1.807) is 51.2 Å². The van der Waals surface area contributed by atoms with E-state index in [-0.39, 0.29) is 55.6 Å². The van der Waals surface area contributed by atoms with Gasteiger partial charge in [0.25, 0.3) is 11.8 Å². The fourth-order valence-electron chi connectivity index (χ4n) is 4.79. The Morgan fingerprint density at radius 1 is 0.880 bits per heavy atom. The van der Waals surface area contributed by atoms with Crippen molar-refractivity contribution in [1.29, 1.82) is 0 Å². The molecular formula is C34H36F6N4O5S. The first-order valence-electron chi connectivity index (χ1n) is 15.1. The lowest BCUT2D eigenvalue weighted by atomic mass is 10.0. The van der Waals surface area contributed by atoms with Gasteiger partial charge in [0.05, 0.1) is 30.7 Å². The minimum atomic E-state index is -10.2. The average Bonchev–Trinajstić information content (AvgIpc) is 3.04. The maximum absolute atomic E-state index is 15.9. The molecule has 1 N–H and O–H groups in total. The van der Waals surface area contributed by atoms with Crippen LogP contribution in [0.1, 0.15) is 29.8 Å². The van der Waals surface area contributed by atoms with Gasteiger partial charge in [0, 0.05) is 31.8 Å². The van der Waals surface area contributed by atoms with Crippen LogP contribution < -0.4 is 24.4 Å². The van der Waals surface area contributed by atoms with E-state index >= 15 is 4.39 Å². The van der Waals surface area contributed by atoms with Gasteiger partial charge in [-0.3, -0.25) is 14.5 Å². The van der Waals surface area contributed by atoms with E-state index in [1.165, 1.54) is 18.3 Å². The fourth-order valence-corrected chi connectivity index (χ4v) is 5.45. The van der Waals surface area contributed by atoms with Gasteiger partial charge in [0.2, 0.25) is 5.91 Å². The van der Waals surface area contributed by atoms with Gasteiger partial charge < -0.3 is 24.4 Å². The van der Waals surface area contributed by atoms with Crippen LogP contribution in [0.4, 0.5) is 35.2 Å². The molecule has 4 rings (SSSR count). The van der Waals surface area contributed by atoms with Gasteiger partial charge in [0.1, 0.15) is 23.1 Å². The number of methoxy groups -OCH3 is 1. The van der Waals surface area contributed by atoms with Crippen molar-refractivity contribution in [2.24, 2.45) is 0 Å². The smallest absolute Gasteiger partial charge is 0.310 e. The monoisotopic (exact) mass is 726 g/mol. The van der Waals surface area contributed by atoms with Crippen LogP contribution in [0.25, 0.3) is 11.1 Å². The van der Waals surface area contributed by atoms with Crippen LogP contribution in [-0.2, 0) is 11.4 Å². The summed E-state index contributed by atoms with van der Waals surface area (Å²) in [6, 6.07) is 13.0. The van der Waals surface area contributed by atoms with Gasteiger partial charge in [-0.05, 0) is 80.7 Å². The molecule has 0 aliphatic rings. The Morgan fingerprint density at radius 2 is 1.56 bits per heavy atom. The fraction of sp³-hybridized carbons (Fsp3) is 0.265. The lowest BCUT2D eigenvalue weighted by Crippen LogP contribution is -2.33. The normalized spacial score (nSPS) is 12.9. The van der Waals surface area contributed by atoms with Gasteiger partial charge >= 0.3 is 10.2 Å². The van der Waals surface area contributed by atoms with Crippen molar-refractivity contribution in [3.63, 3.8) is 0 Å². The predicted molar refractivity (Wildman–Crippen MR) is 180 cm³/mol. The lowest BCUT2D eigenvalue weighted by Gasteiger charge is -2.41. The number of anilines is 2. The zero-order chi connectivity index (χ0) is 36.9. The number of hydrogen-bond acceptors (Lipinski definition) is 7. The van der Waals surface area contributed by atoms with Crippen molar-refractivity contribution in [2.45, 2.75) is 25.3 Å². The number of carbonyl (C=O) groups excluding carboxylic acids is 2. The second-order valence-electron chi connectivity index (χ2n) is 11.3. The summed E-state index contributed by atoms with van der Waals surface area (Å²) in [5.74, 6) is -1.95. The summed E-state index contributed by atoms with van der Waals surface area (Å²) in [5, 5.41) is 2.36. The zero-order valence-electron chi connectivity index (χ0n) is 27.8. The zero-order valence-corrected chi connectivity index (χ0v) is 28.6. The van der Waals surface area contributed by atoms with Gasteiger partial charge in [-0.1, -0.05) is 37.6 Å². The van der Waals surface area contributed by atoms with E-state index in [0.717, 1.165) is 18.6 Å². The molecule has 0 saturated carbocycles. The second-order valence-corrected chi connectivity index (χ2v) is 13.7. The number of pyridine rings is 1. The maximum Gasteiger partial charge on any atom is 0.310 e. The Bertz CT molecular complexity index is 1880. The van der Waals surface area contributed by atoms with E-state index in [2.05, 4.69) is 10.3 Å². The minimum Gasteiger partial charge on any atom is -0.497 e. The third kappa shape index (κ3) is 9.38. The third-order valence-corrected chi connectivity index (χ3v) is 8.38. The van der Waals surface area contributed by atoms with Crippen LogP contribution in [0.3, 0.4) is 0 Å². The van der Waals surface area contributed by atoms with E-state index in [4.69, 9.17) is 14.2 Å². The highest BCUT2D eigenvalue weighted by Gasteiger charge is 2.65. The average molecular weight is 727 g/mol. The van der Waals surface area contributed by atoms with E-state index < -0.39 is 49.7 Å². The number of rotatable bonds is 14. The van der Waals surface area contributed by atoms with Gasteiger partial charge in [-0.15, -0.1) is 0 Å². The highest BCUT2D eigenvalue weighted by Crippen LogP contribution is 3.02. The SMILES string of the molecule is CCOc1cc(-c2ccc(N(C(C)=O)c3ccc(S(F)(F)(F)(F)F)cc3C(=O)NCCN(C)C)c(F)c2)cnc1OCc1ccc(OC)cc1. The molecule has 0 saturated heterocycles. The summed E-state index contributed by atoms with van der Waals surface area (Å²) in [6.07, 6.45) is 1.41. The van der Waals surface area contributed by atoms with Crippen LogP contribution in [0, 0.1) is 5.82 Å². The molecule has 0 aliphatic heterocycles. The summed E-state index contributed by atoms with van der Waals surface area (Å²) < 4.78 is 101. The number of ether oxygens (including phenoxy) is 3. The Hall–Kier alpha value is -4.96. The Balaban J connectivity index is 1.70. The van der Waals surface area contributed by atoms with Crippen molar-refractivity contribution < 1.29 is 47.6 Å². The summed E-state index contributed by atoms with van der Waals surface area (Å²) in [5.41, 5.74) is -0.362. The van der Waals surface area contributed by atoms with Crippen molar-refractivity contribution in [3.8, 4) is 28.5 Å². The molecule has 50 heavy (non-hydrogen) atoms. The topological polar surface area (TPSA) is 93.2 Å². The maximum atomic E-state index is 15.9. The summed E-state index contributed by atoms with van der Waals surface area (Å²) in [4.78, 5) is 30.3. The molecule has 16 heteroatoms. The number of benzene rings is 3. The van der Waals surface area contributed by atoms with E-state index in [1.807, 2.05) is 12.1 Å². The molecule has 3 aromatic carbocycles. The third-order valence-electron chi connectivity index (χ3n) is 7.23. The Kier molecular flexibility index (Phi) is 10.7. The van der Waals surface area contributed by atoms with Crippen molar-refractivity contribution in [1.82, 2.24) is 15.2 Å². The van der Waals surface area contributed by atoms with Crippen LogP contribution in [0.2, 0.25) is 0 Å². The number of nitrogens with one attached hydrogen (secondary N) is 1. The number of aromatic nitrogens is 1. The minimum absolute atomic E-state index is 0.0245. The molecule has 0 atom stereocenters. The molecule has 1 heterocycles. The Labute approximate surface area is 285 Å². The molecule has 4 aromatic rings. The van der Waals surface area contributed by atoms with E-state index in [0.29, 0.717) is 22.3 Å². The summed E-state index contributed by atoms with van der Waals surface area (Å²) in [7, 11) is -5.34. The molecule has 0 unspecified atom stereocenters. The van der Waals surface area contributed by atoms with Crippen molar-refractivity contribution in [2.75, 3.05) is 45.8 Å². The molecule has 0 spiro atoms. The number of amides is 2. The first-order chi connectivity index (χ1) is 23.3. The molecule has 9 nitrogen and oxygen atoms in total. The van der Waals surface area contributed by atoms with E-state index in [9.17, 15) is 29.0 Å². The summed E-state index contributed by atoms with van der Waals surface area (Å²) in [6.45, 7) is 3.38. The highest BCUT2D eigenvalue weighted by molar-refractivity contribution is 8.45. The van der Waals surface area contributed by atoms with Crippen molar-refractivity contribution >= 4 is 33.4 Å². The molecule has 0 aliphatic carbocycles. The van der Waals surface area contributed by atoms with Crippen LogP contribution >= 0.6 is 10.2 Å². The highest BCUT2D eigenvalue weighted by atomic mass is 32.5. The van der Waals surface area contributed by atoms with Crippen LogP contribution in [0.15, 0.2) is 77.8 Å². The number of carbonyl (C=O) groups is 2. The number of nitrogens with zero attached hydrogens (tertiary/aromatic N) is 3. The number of likely N-dealkylation sites (N-methyl/N-ethyl adjacent to an activating group) is 1. The van der Waals surface area contributed by atoms with Crippen LogP contribution in [-0.4, -0.2) is 62.6 Å². The van der Waals surface area contributed by atoms with Crippen molar-refractivity contribution in [3.05, 3.63) is 89.9 Å². The molecule has 1 aromatic heterocycles. The van der Waals surface area contributed by atoms with Gasteiger partial charge in [0.15, 0.2) is 5.75 Å². The quantitative estimate of drug-likeness (QED) is 0.130.